The quantitative estimate of drug-likeness (QED) is 0.723. The second-order valence-electron chi connectivity index (χ2n) is 6.71. The summed E-state index contributed by atoms with van der Waals surface area (Å²) in [5.41, 5.74) is 8.90. The van der Waals surface area contributed by atoms with Crippen LogP contribution in [-0.4, -0.2) is 41.2 Å². The van der Waals surface area contributed by atoms with E-state index in [0.29, 0.717) is 23.7 Å². The number of rotatable bonds is 8. The van der Waals surface area contributed by atoms with Crippen LogP contribution < -0.4 is 5.73 Å². The van der Waals surface area contributed by atoms with Gasteiger partial charge in [-0.15, -0.1) is 0 Å². The zero-order valence-electron chi connectivity index (χ0n) is 15.3. The van der Waals surface area contributed by atoms with Crippen molar-refractivity contribution in [2.24, 2.45) is 11.7 Å². The fourth-order valence-corrected chi connectivity index (χ4v) is 2.80. The summed E-state index contributed by atoms with van der Waals surface area (Å²) in [6.07, 6.45) is 2.38. The van der Waals surface area contributed by atoms with Crippen molar-refractivity contribution < 1.29 is 9.59 Å². The zero-order valence-corrected chi connectivity index (χ0v) is 15.3. The van der Waals surface area contributed by atoms with Gasteiger partial charge in [0, 0.05) is 30.9 Å². The highest BCUT2D eigenvalue weighted by Crippen LogP contribution is 2.22. The lowest BCUT2D eigenvalue weighted by Gasteiger charge is -2.21. The summed E-state index contributed by atoms with van der Waals surface area (Å²) >= 11 is 0. The fourth-order valence-electron chi connectivity index (χ4n) is 2.80. The van der Waals surface area contributed by atoms with Gasteiger partial charge in [0.15, 0.2) is 5.78 Å². The lowest BCUT2D eigenvalue weighted by Crippen LogP contribution is -2.35. The molecule has 0 aliphatic rings. The third-order valence-electron chi connectivity index (χ3n) is 4.36. The van der Waals surface area contributed by atoms with Crippen molar-refractivity contribution in [1.29, 1.82) is 0 Å². The van der Waals surface area contributed by atoms with Gasteiger partial charge in [-0.1, -0.05) is 27.2 Å². The van der Waals surface area contributed by atoms with Crippen molar-refractivity contribution in [3.63, 3.8) is 0 Å². The van der Waals surface area contributed by atoms with Gasteiger partial charge in [-0.25, -0.2) is 0 Å². The number of aromatic amines is 1. The molecule has 23 heavy (non-hydrogen) atoms. The Labute approximate surface area is 139 Å². The Balaban J connectivity index is 2.98. The molecule has 130 valence electrons. The number of amides is 1. The third kappa shape index (κ3) is 4.67. The number of aryl methyl sites for hydroxylation is 1. The molecule has 1 atom stereocenters. The van der Waals surface area contributed by atoms with Gasteiger partial charge in [-0.05, 0) is 38.2 Å². The highest BCUT2D eigenvalue weighted by molar-refractivity contribution is 6.02. The van der Waals surface area contributed by atoms with Crippen molar-refractivity contribution in [3.8, 4) is 0 Å². The first-order valence-electron chi connectivity index (χ1n) is 8.44. The molecule has 0 bridgehead atoms. The summed E-state index contributed by atoms with van der Waals surface area (Å²) in [7, 11) is 1.79. The predicted octanol–water partition coefficient (Wildman–Crippen LogP) is 2.92. The van der Waals surface area contributed by atoms with E-state index in [1.54, 1.807) is 18.9 Å². The minimum Gasteiger partial charge on any atom is -0.354 e. The van der Waals surface area contributed by atoms with E-state index in [1.165, 1.54) is 0 Å². The van der Waals surface area contributed by atoms with E-state index >= 15 is 0 Å². The Morgan fingerprint density at radius 3 is 2.39 bits per heavy atom. The summed E-state index contributed by atoms with van der Waals surface area (Å²) in [5, 5.41) is 0. The monoisotopic (exact) mass is 321 g/mol. The van der Waals surface area contributed by atoms with E-state index in [4.69, 9.17) is 5.73 Å². The summed E-state index contributed by atoms with van der Waals surface area (Å²) < 4.78 is 0. The van der Waals surface area contributed by atoms with Crippen LogP contribution in [-0.2, 0) is 6.42 Å². The van der Waals surface area contributed by atoms with E-state index in [0.717, 1.165) is 30.5 Å². The highest BCUT2D eigenvalue weighted by atomic mass is 16.2. The first-order valence-corrected chi connectivity index (χ1v) is 8.44. The van der Waals surface area contributed by atoms with E-state index in [1.807, 2.05) is 13.8 Å². The summed E-state index contributed by atoms with van der Waals surface area (Å²) in [6, 6.07) is 0.0820. The minimum atomic E-state index is -0.0694. The van der Waals surface area contributed by atoms with Gasteiger partial charge in [-0.3, -0.25) is 9.59 Å². The fraction of sp³-hybridized carbons (Fsp3) is 0.667. The van der Waals surface area contributed by atoms with Crippen molar-refractivity contribution in [2.45, 2.75) is 59.9 Å². The Kier molecular flexibility index (Phi) is 7.01. The molecule has 0 aliphatic heterocycles. The molecular weight excluding hydrogens is 290 g/mol. The van der Waals surface area contributed by atoms with Crippen LogP contribution in [0.3, 0.4) is 0 Å². The zero-order chi connectivity index (χ0) is 17.7. The normalized spacial score (nSPS) is 12.5. The van der Waals surface area contributed by atoms with Gasteiger partial charge in [0.2, 0.25) is 0 Å². The van der Waals surface area contributed by atoms with E-state index in [2.05, 4.69) is 18.8 Å². The number of nitrogens with two attached hydrogens (primary N) is 1. The van der Waals surface area contributed by atoms with Crippen LogP contribution in [0.5, 0.6) is 0 Å². The molecule has 0 spiro atoms. The maximum atomic E-state index is 12.8. The number of aromatic nitrogens is 1. The van der Waals surface area contributed by atoms with Crippen LogP contribution in [0, 0.1) is 12.8 Å². The van der Waals surface area contributed by atoms with Crippen LogP contribution in [0.15, 0.2) is 0 Å². The standard InChI is InChI=1S/C18H31N3O2/c1-7-8-14-16(13(5)22)12(4)20-17(14)18(23)21(6)10-9-15(19)11(2)3/h11,15,20H,7-10,19H2,1-6H3. The molecule has 5 nitrogen and oxygen atoms in total. The molecule has 1 aromatic rings. The van der Waals surface area contributed by atoms with Crippen LogP contribution in [0.25, 0.3) is 0 Å². The molecule has 1 amide bonds. The largest absolute Gasteiger partial charge is 0.354 e. The van der Waals surface area contributed by atoms with Crippen molar-refractivity contribution in [1.82, 2.24) is 9.88 Å². The Morgan fingerprint density at radius 2 is 1.91 bits per heavy atom. The molecule has 0 radical (unpaired) electrons. The topological polar surface area (TPSA) is 79.2 Å². The number of nitrogens with one attached hydrogen (secondary N) is 1. The first-order chi connectivity index (χ1) is 10.7. The second-order valence-corrected chi connectivity index (χ2v) is 6.71. The van der Waals surface area contributed by atoms with E-state index in [-0.39, 0.29) is 17.7 Å². The maximum absolute atomic E-state index is 12.8. The van der Waals surface area contributed by atoms with Crippen molar-refractivity contribution >= 4 is 11.7 Å². The average molecular weight is 321 g/mol. The Bertz CT molecular complexity index is 561. The number of hydrogen-bond acceptors (Lipinski definition) is 3. The van der Waals surface area contributed by atoms with E-state index < -0.39 is 0 Å². The van der Waals surface area contributed by atoms with Crippen LogP contribution in [0.1, 0.15) is 72.6 Å². The van der Waals surface area contributed by atoms with Gasteiger partial charge in [0.1, 0.15) is 5.69 Å². The molecule has 1 rings (SSSR count). The molecule has 0 fully saturated rings. The number of carbonyl (C=O) groups excluding carboxylic acids is 2. The number of carbonyl (C=O) groups is 2. The van der Waals surface area contributed by atoms with Crippen molar-refractivity contribution in [3.05, 3.63) is 22.5 Å². The Hall–Kier alpha value is -1.62. The maximum Gasteiger partial charge on any atom is 0.270 e. The molecule has 0 saturated carbocycles. The van der Waals surface area contributed by atoms with Gasteiger partial charge >= 0.3 is 0 Å². The molecule has 1 aromatic heterocycles. The number of ketones is 1. The number of Topliss-reactive ketones (excluding diaryl/α,β-unsaturated/α-hetero) is 1. The molecule has 1 unspecified atom stereocenters. The van der Waals surface area contributed by atoms with Crippen LogP contribution in [0.4, 0.5) is 0 Å². The third-order valence-corrected chi connectivity index (χ3v) is 4.36. The minimum absolute atomic E-state index is 0.00531. The number of nitrogens with zero attached hydrogens (tertiary/aromatic N) is 1. The molecular formula is C18H31N3O2. The molecule has 1 heterocycles. The molecule has 0 aromatic carbocycles. The SMILES string of the molecule is CCCc1c(C(=O)N(C)CCC(N)C(C)C)[nH]c(C)c1C(C)=O. The van der Waals surface area contributed by atoms with Gasteiger partial charge in [0.05, 0.1) is 0 Å². The number of hydrogen-bond donors (Lipinski definition) is 2. The van der Waals surface area contributed by atoms with Gasteiger partial charge in [0.25, 0.3) is 5.91 Å². The summed E-state index contributed by atoms with van der Waals surface area (Å²) in [6.45, 7) is 10.2. The van der Waals surface area contributed by atoms with Crippen LogP contribution in [0.2, 0.25) is 0 Å². The molecule has 3 N–H and O–H groups in total. The van der Waals surface area contributed by atoms with Gasteiger partial charge < -0.3 is 15.6 Å². The predicted molar refractivity (Wildman–Crippen MR) is 93.9 cm³/mol. The average Bonchev–Trinajstić information content (AvgIpc) is 2.80. The smallest absolute Gasteiger partial charge is 0.270 e. The lowest BCUT2D eigenvalue weighted by molar-refractivity contribution is 0.0783. The van der Waals surface area contributed by atoms with Crippen molar-refractivity contribution in [2.75, 3.05) is 13.6 Å². The Morgan fingerprint density at radius 1 is 1.30 bits per heavy atom. The first kappa shape index (κ1) is 19.4. The van der Waals surface area contributed by atoms with E-state index in [9.17, 15) is 9.59 Å². The molecule has 0 saturated heterocycles. The second kappa shape index (κ2) is 8.29. The highest BCUT2D eigenvalue weighted by Gasteiger charge is 2.24. The summed E-state index contributed by atoms with van der Waals surface area (Å²) in [4.78, 5) is 29.5. The van der Waals surface area contributed by atoms with Gasteiger partial charge in [-0.2, -0.15) is 0 Å². The molecule has 5 heteroatoms. The van der Waals surface area contributed by atoms with Crippen LogP contribution >= 0.6 is 0 Å². The lowest BCUT2D eigenvalue weighted by atomic mass is 10.00. The molecule has 0 aliphatic carbocycles. The number of H-pyrrole nitrogens is 1. The summed E-state index contributed by atoms with van der Waals surface area (Å²) in [5.74, 6) is 0.331.